The summed E-state index contributed by atoms with van der Waals surface area (Å²) in [6, 6.07) is 2.59. The zero-order valence-corrected chi connectivity index (χ0v) is 9.31. The van der Waals surface area contributed by atoms with Gasteiger partial charge in [0.2, 0.25) is 0 Å². The average molecular weight is 273 g/mol. The van der Waals surface area contributed by atoms with Crippen LogP contribution in [0.25, 0.3) is 0 Å². The molecular formula is C8H9BrClF2N. The summed E-state index contributed by atoms with van der Waals surface area (Å²) in [6.07, 6.45) is 0. The van der Waals surface area contributed by atoms with Gasteiger partial charge >= 0.3 is 0 Å². The molecule has 1 N–H and O–H groups in total. The smallest absolute Gasteiger partial charge is 0.144 e. The van der Waals surface area contributed by atoms with E-state index in [1.165, 1.54) is 12.1 Å². The number of rotatable bonds is 2. The molecular weight excluding hydrogens is 263 g/mol. The highest BCUT2D eigenvalue weighted by Crippen LogP contribution is 2.21. The lowest BCUT2D eigenvalue weighted by molar-refractivity contribution is 0.542. The van der Waals surface area contributed by atoms with Crippen molar-refractivity contribution in [3.8, 4) is 0 Å². The molecule has 0 heterocycles. The minimum atomic E-state index is -0.538. The van der Waals surface area contributed by atoms with Crippen LogP contribution in [0, 0.1) is 11.6 Å². The normalized spacial score (nSPS) is 9.54. The second kappa shape index (κ2) is 5.52. The SMILES string of the molecule is CNCc1c(F)ccc(Br)c1F.Cl. The predicted molar refractivity (Wildman–Crippen MR) is 54.1 cm³/mol. The standard InChI is InChI=1S/C8H8BrF2N.ClH/c1-12-4-5-7(10)3-2-6(9)8(5)11;/h2-3,12H,4H2,1H3;1H. The van der Waals surface area contributed by atoms with Crippen LogP contribution in [0.4, 0.5) is 8.78 Å². The zero-order chi connectivity index (χ0) is 9.14. The molecule has 0 fully saturated rings. The summed E-state index contributed by atoms with van der Waals surface area (Å²) in [6.45, 7) is 0.192. The van der Waals surface area contributed by atoms with E-state index in [0.717, 1.165) is 0 Å². The molecule has 13 heavy (non-hydrogen) atoms. The zero-order valence-electron chi connectivity index (χ0n) is 6.90. The van der Waals surface area contributed by atoms with Crippen molar-refractivity contribution in [3.63, 3.8) is 0 Å². The van der Waals surface area contributed by atoms with E-state index in [9.17, 15) is 8.78 Å². The molecule has 0 aliphatic carbocycles. The summed E-state index contributed by atoms with van der Waals surface area (Å²) >= 11 is 2.98. The first kappa shape index (κ1) is 12.8. The molecule has 0 bridgehead atoms. The van der Waals surface area contributed by atoms with Gasteiger partial charge in [0.15, 0.2) is 0 Å². The Morgan fingerprint density at radius 3 is 2.54 bits per heavy atom. The van der Waals surface area contributed by atoms with E-state index in [-0.39, 0.29) is 29.0 Å². The van der Waals surface area contributed by atoms with Gasteiger partial charge in [-0.3, -0.25) is 0 Å². The molecule has 0 amide bonds. The first-order valence-corrected chi connectivity index (χ1v) is 4.23. The molecule has 0 spiro atoms. The maximum absolute atomic E-state index is 13.1. The lowest BCUT2D eigenvalue weighted by Gasteiger charge is -2.04. The van der Waals surface area contributed by atoms with E-state index in [0.29, 0.717) is 0 Å². The van der Waals surface area contributed by atoms with E-state index in [1.807, 2.05) is 0 Å². The Morgan fingerprint density at radius 1 is 1.38 bits per heavy atom. The number of benzene rings is 1. The Kier molecular flexibility index (Phi) is 5.44. The van der Waals surface area contributed by atoms with Gasteiger partial charge in [-0.1, -0.05) is 0 Å². The third kappa shape index (κ3) is 2.90. The molecule has 1 rings (SSSR count). The van der Waals surface area contributed by atoms with Crippen LogP contribution in [0.2, 0.25) is 0 Å². The van der Waals surface area contributed by atoms with Gasteiger partial charge in [0.25, 0.3) is 0 Å². The average Bonchev–Trinajstić information content (AvgIpc) is 2.06. The van der Waals surface area contributed by atoms with Crippen LogP contribution in [-0.2, 0) is 6.54 Å². The van der Waals surface area contributed by atoms with Gasteiger partial charge in [-0.05, 0) is 35.1 Å². The minimum Gasteiger partial charge on any atom is -0.315 e. The topological polar surface area (TPSA) is 12.0 Å². The van der Waals surface area contributed by atoms with E-state index < -0.39 is 11.6 Å². The van der Waals surface area contributed by atoms with Crippen molar-refractivity contribution >= 4 is 28.3 Å². The van der Waals surface area contributed by atoms with E-state index in [4.69, 9.17) is 0 Å². The molecule has 0 saturated carbocycles. The maximum Gasteiger partial charge on any atom is 0.144 e. The Balaban J connectivity index is 0.00000144. The van der Waals surface area contributed by atoms with Gasteiger partial charge in [-0.25, -0.2) is 8.78 Å². The fraction of sp³-hybridized carbons (Fsp3) is 0.250. The lowest BCUT2D eigenvalue weighted by Crippen LogP contribution is -2.09. The summed E-state index contributed by atoms with van der Waals surface area (Å²) < 4.78 is 26.3. The molecule has 1 aromatic carbocycles. The number of nitrogens with one attached hydrogen (secondary N) is 1. The number of halogens is 4. The summed E-state index contributed by atoms with van der Waals surface area (Å²) in [7, 11) is 1.64. The van der Waals surface area contributed by atoms with Crippen molar-refractivity contribution < 1.29 is 8.78 Å². The highest BCUT2D eigenvalue weighted by molar-refractivity contribution is 9.10. The molecule has 1 aromatic rings. The molecule has 5 heteroatoms. The largest absolute Gasteiger partial charge is 0.315 e. The maximum atomic E-state index is 13.1. The predicted octanol–water partition coefficient (Wildman–Crippen LogP) is 2.87. The molecule has 0 saturated heterocycles. The van der Waals surface area contributed by atoms with Crippen LogP contribution in [0.5, 0.6) is 0 Å². The fourth-order valence-electron chi connectivity index (χ4n) is 0.908. The van der Waals surface area contributed by atoms with Crippen molar-refractivity contribution in [2.45, 2.75) is 6.54 Å². The van der Waals surface area contributed by atoms with Crippen molar-refractivity contribution in [2.24, 2.45) is 0 Å². The van der Waals surface area contributed by atoms with Gasteiger partial charge in [-0.2, -0.15) is 0 Å². The monoisotopic (exact) mass is 271 g/mol. The van der Waals surface area contributed by atoms with Gasteiger partial charge in [0.1, 0.15) is 11.6 Å². The molecule has 1 nitrogen and oxygen atoms in total. The van der Waals surface area contributed by atoms with Gasteiger partial charge in [0.05, 0.1) is 4.47 Å². The second-order valence-corrected chi connectivity index (χ2v) is 3.21. The summed E-state index contributed by atoms with van der Waals surface area (Å²) in [5.41, 5.74) is 0.0619. The van der Waals surface area contributed by atoms with E-state index >= 15 is 0 Å². The molecule has 0 aliphatic heterocycles. The molecule has 0 aromatic heterocycles. The Bertz CT molecular complexity index is 294. The van der Waals surface area contributed by atoms with Crippen LogP contribution in [0.1, 0.15) is 5.56 Å². The third-order valence-corrected chi connectivity index (χ3v) is 2.10. The lowest BCUT2D eigenvalue weighted by atomic mass is 10.2. The molecule has 74 valence electrons. The fourth-order valence-corrected chi connectivity index (χ4v) is 1.28. The van der Waals surface area contributed by atoms with E-state index in [1.54, 1.807) is 7.05 Å². The van der Waals surface area contributed by atoms with Crippen LogP contribution >= 0.6 is 28.3 Å². The summed E-state index contributed by atoms with van der Waals surface area (Å²) in [5.74, 6) is -1.06. The van der Waals surface area contributed by atoms with Gasteiger partial charge < -0.3 is 5.32 Å². The Morgan fingerprint density at radius 2 is 2.00 bits per heavy atom. The Labute approximate surface area is 90.1 Å². The van der Waals surface area contributed by atoms with Crippen molar-refractivity contribution in [3.05, 3.63) is 33.8 Å². The first-order chi connectivity index (χ1) is 5.66. The van der Waals surface area contributed by atoms with Crippen molar-refractivity contribution in [1.82, 2.24) is 5.32 Å². The second-order valence-electron chi connectivity index (χ2n) is 2.35. The number of hydrogen-bond acceptors (Lipinski definition) is 1. The van der Waals surface area contributed by atoms with Gasteiger partial charge in [-0.15, -0.1) is 12.4 Å². The van der Waals surface area contributed by atoms with Crippen molar-refractivity contribution in [2.75, 3.05) is 7.05 Å². The van der Waals surface area contributed by atoms with Crippen LogP contribution < -0.4 is 5.32 Å². The molecule has 0 aliphatic rings. The molecule has 0 atom stereocenters. The van der Waals surface area contributed by atoms with Gasteiger partial charge in [0, 0.05) is 12.1 Å². The third-order valence-electron chi connectivity index (χ3n) is 1.49. The summed E-state index contributed by atoms with van der Waals surface area (Å²) in [4.78, 5) is 0. The van der Waals surface area contributed by atoms with Crippen molar-refractivity contribution in [1.29, 1.82) is 0 Å². The van der Waals surface area contributed by atoms with Crippen LogP contribution in [-0.4, -0.2) is 7.05 Å². The summed E-state index contributed by atoms with van der Waals surface area (Å²) in [5, 5.41) is 2.69. The first-order valence-electron chi connectivity index (χ1n) is 3.43. The van der Waals surface area contributed by atoms with Crippen LogP contribution in [0.3, 0.4) is 0 Å². The molecule has 0 radical (unpaired) electrons. The quantitative estimate of drug-likeness (QED) is 0.816. The number of hydrogen-bond donors (Lipinski definition) is 1. The Hall–Kier alpha value is -0.190. The highest BCUT2D eigenvalue weighted by atomic mass is 79.9. The van der Waals surface area contributed by atoms with Crippen LogP contribution in [0.15, 0.2) is 16.6 Å². The van der Waals surface area contributed by atoms with E-state index in [2.05, 4.69) is 21.2 Å². The minimum absolute atomic E-state index is 0. The molecule has 0 unspecified atom stereocenters. The highest BCUT2D eigenvalue weighted by Gasteiger charge is 2.10.